The van der Waals surface area contributed by atoms with Gasteiger partial charge in [-0.2, -0.15) is 5.26 Å². The van der Waals surface area contributed by atoms with Crippen LogP contribution in [0.4, 0.5) is 0 Å². The van der Waals surface area contributed by atoms with E-state index in [2.05, 4.69) is 31.4 Å². The molecule has 8 heteroatoms. The second-order valence-corrected chi connectivity index (χ2v) is 10.4. The Balaban J connectivity index is 2.20. The number of sulfone groups is 1. The van der Waals surface area contributed by atoms with Crippen molar-refractivity contribution < 1.29 is 18.0 Å². The van der Waals surface area contributed by atoms with E-state index in [1.807, 2.05) is 12.1 Å². The van der Waals surface area contributed by atoms with Crippen LogP contribution in [0.2, 0.25) is 0 Å². The standard InChI is InChI=1S/C23H27N3O4S/c1-23(2,3)19-11-9-17(10-12-19)16-31(29,30)20(22(28)25-14-13-24)15-26-21(27)18-7-5-4-6-8-18/h4-12,20H,14-16H2,1-3H3,(H,25,28)(H,26,27). The number of carbonyl (C=O) groups is 2. The first-order valence-electron chi connectivity index (χ1n) is 9.83. The maximum Gasteiger partial charge on any atom is 0.251 e. The molecule has 0 fully saturated rings. The Labute approximate surface area is 183 Å². The van der Waals surface area contributed by atoms with Crippen LogP contribution in [0.25, 0.3) is 0 Å². The van der Waals surface area contributed by atoms with Gasteiger partial charge in [0, 0.05) is 12.1 Å². The van der Waals surface area contributed by atoms with E-state index >= 15 is 0 Å². The van der Waals surface area contributed by atoms with Gasteiger partial charge in [0.05, 0.1) is 11.8 Å². The summed E-state index contributed by atoms with van der Waals surface area (Å²) in [5.74, 6) is -1.66. The van der Waals surface area contributed by atoms with Crippen LogP contribution in [-0.2, 0) is 25.8 Å². The third kappa shape index (κ3) is 6.93. The molecule has 2 rings (SSSR count). The Hall–Kier alpha value is -3.18. The smallest absolute Gasteiger partial charge is 0.251 e. The number of hydrogen-bond acceptors (Lipinski definition) is 5. The second-order valence-electron chi connectivity index (χ2n) is 8.19. The van der Waals surface area contributed by atoms with Crippen molar-refractivity contribution in [1.82, 2.24) is 10.6 Å². The molecule has 0 saturated carbocycles. The van der Waals surface area contributed by atoms with E-state index in [-0.39, 0.29) is 17.7 Å². The second kappa shape index (κ2) is 10.2. The maximum atomic E-state index is 13.0. The van der Waals surface area contributed by atoms with Crippen LogP contribution in [0.15, 0.2) is 54.6 Å². The van der Waals surface area contributed by atoms with Crippen LogP contribution in [0.5, 0.6) is 0 Å². The summed E-state index contributed by atoms with van der Waals surface area (Å²) in [6.07, 6.45) is 0. The van der Waals surface area contributed by atoms with Crippen molar-refractivity contribution >= 4 is 21.7 Å². The summed E-state index contributed by atoms with van der Waals surface area (Å²) in [7, 11) is -3.97. The summed E-state index contributed by atoms with van der Waals surface area (Å²) < 4.78 is 26.1. The van der Waals surface area contributed by atoms with Crippen molar-refractivity contribution in [2.75, 3.05) is 13.1 Å². The molecule has 0 bridgehead atoms. The van der Waals surface area contributed by atoms with Gasteiger partial charge in [-0.05, 0) is 28.7 Å². The summed E-state index contributed by atoms with van der Waals surface area (Å²) in [6.45, 7) is 5.46. The molecule has 2 aromatic carbocycles. The lowest BCUT2D eigenvalue weighted by molar-refractivity contribution is -0.120. The number of nitriles is 1. The fourth-order valence-electron chi connectivity index (χ4n) is 2.93. The Morgan fingerprint density at radius 1 is 1.00 bits per heavy atom. The highest BCUT2D eigenvalue weighted by Crippen LogP contribution is 2.23. The van der Waals surface area contributed by atoms with E-state index in [4.69, 9.17) is 5.26 Å². The SMILES string of the molecule is CC(C)(C)c1ccc(CS(=O)(=O)C(CNC(=O)c2ccccc2)C(=O)NCC#N)cc1. The minimum atomic E-state index is -3.97. The van der Waals surface area contributed by atoms with Crippen LogP contribution in [0.3, 0.4) is 0 Å². The first-order chi connectivity index (χ1) is 14.5. The molecule has 2 N–H and O–H groups in total. The Morgan fingerprint density at radius 3 is 2.16 bits per heavy atom. The molecule has 0 aliphatic heterocycles. The summed E-state index contributed by atoms with van der Waals surface area (Å²) in [5.41, 5.74) is 1.89. The molecular weight excluding hydrogens is 414 g/mol. The summed E-state index contributed by atoms with van der Waals surface area (Å²) >= 11 is 0. The van der Waals surface area contributed by atoms with Crippen LogP contribution < -0.4 is 10.6 Å². The maximum absolute atomic E-state index is 13.0. The van der Waals surface area contributed by atoms with Crippen molar-refractivity contribution in [3.63, 3.8) is 0 Å². The van der Waals surface area contributed by atoms with Gasteiger partial charge >= 0.3 is 0 Å². The van der Waals surface area contributed by atoms with Crippen molar-refractivity contribution in [3.8, 4) is 6.07 Å². The van der Waals surface area contributed by atoms with Gasteiger partial charge in [0.15, 0.2) is 15.1 Å². The fraction of sp³-hybridized carbons (Fsp3) is 0.348. The predicted molar refractivity (Wildman–Crippen MR) is 119 cm³/mol. The van der Waals surface area contributed by atoms with E-state index in [1.165, 1.54) is 0 Å². The lowest BCUT2D eigenvalue weighted by atomic mass is 9.87. The van der Waals surface area contributed by atoms with Gasteiger partial charge in [0.25, 0.3) is 5.91 Å². The van der Waals surface area contributed by atoms with Gasteiger partial charge in [-0.25, -0.2) is 8.42 Å². The number of amides is 2. The summed E-state index contributed by atoms with van der Waals surface area (Å²) in [4.78, 5) is 24.8. The predicted octanol–water partition coefficient (Wildman–Crippen LogP) is 2.34. The molecular formula is C23H27N3O4S. The average Bonchev–Trinajstić information content (AvgIpc) is 2.72. The van der Waals surface area contributed by atoms with Crippen molar-refractivity contribution in [1.29, 1.82) is 5.26 Å². The van der Waals surface area contributed by atoms with Crippen molar-refractivity contribution in [2.24, 2.45) is 0 Å². The Bertz CT molecular complexity index is 1050. The van der Waals surface area contributed by atoms with Crippen LogP contribution >= 0.6 is 0 Å². The topological polar surface area (TPSA) is 116 Å². The molecule has 0 spiro atoms. The third-order valence-electron chi connectivity index (χ3n) is 4.74. The largest absolute Gasteiger partial charge is 0.350 e. The quantitative estimate of drug-likeness (QED) is 0.610. The van der Waals surface area contributed by atoms with E-state index in [1.54, 1.807) is 48.5 Å². The molecule has 2 amide bonds. The van der Waals surface area contributed by atoms with E-state index in [0.29, 0.717) is 11.1 Å². The number of carbonyl (C=O) groups excluding carboxylic acids is 2. The Morgan fingerprint density at radius 2 is 1.61 bits per heavy atom. The number of nitrogens with zero attached hydrogens (tertiary/aromatic N) is 1. The minimum Gasteiger partial charge on any atom is -0.350 e. The van der Waals surface area contributed by atoms with Crippen LogP contribution in [-0.4, -0.2) is 38.6 Å². The molecule has 0 radical (unpaired) electrons. The van der Waals surface area contributed by atoms with E-state index in [9.17, 15) is 18.0 Å². The summed E-state index contributed by atoms with van der Waals surface area (Å²) in [6, 6.07) is 17.2. The number of rotatable bonds is 8. The van der Waals surface area contributed by atoms with Crippen molar-refractivity contribution in [2.45, 2.75) is 37.2 Å². The van der Waals surface area contributed by atoms with Gasteiger partial charge in [-0.15, -0.1) is 0 Å². The summed E-state index contributed by atoms with van der Waals surface area (Å²) in [5, 5.41) is 12.0. The highest BCUT2D eigenvalue weighted by Gasteiger charge is 2.33. The average molecular weight is 442 g/mol. The lowest BCUT2D eigenvalue weighted by Crippen LogP contribution is -2.47. The van der Waals surface area contributed by atoms with E-state index < -0.39 is 33.4 Å². The van der Waals surface area contributed by atoms with E-state index in [0.717, 1.165) is 5.56 Å². The molecule has 1 unspecified atom stereocenters. The fourth-order valence-corrected chi connectivity index (χ4v) is 4.54. The molecule has 0 heterocycles. The monoisotopic (exact) mass is 441 g/mol. The van der Waals surface area contributed by atoms with Gasteiger partial charge in [0.1, 0.15) is 6.54 Å². The molecule has 1 atom stereocenters. The van der Waals surface area contributed by atoms with Crippen LogP contribution in [0.1, 0.15) is 42.3 Å². The molecule has 2 aromatic rings. The molecule has 0 aromatic heterocycles. The highest BCUT2D eigenvalue weighted by molar-refractivity contribution is 7.92. The number of hydrogen-bond donors (Lipinski definition) is 2. The first-order valence-corrected chi connectivity index (χ1v) is 11.5. The third-order valence-corrected chi connectivity index (χ3v) is 6.72. The lowest BCUT2D eigenvalue weighted by Gasteiger charge is -2.20. The normalized spacial score (nSPS) is 12.5. The Kier molecular flexibility index (Phi) is 7.95. The number of nitrogens with one attached hydrogen (secondary N) is 2. The number of benzene rings is 2. The zero-order chi connectivity index (χ0) is 23.1. The molecule has 0 aliphatic carbocycles. The van der Waals surface area contributed by atoms with Gasteiger partial charge in [-0.1, -0.05) is 63.2 Å². The molecule has 164 valence electrons. The molecule has 31 heavy (non-hydrogen) atoms. The minimum absolute atomic E-state index is 0.0706. The van der Waals surface area contributed by atoms with Gasteiger partial charge in [-0.3, -0.25) is 9.59 Å². The highest BCUT2D eigenvalue weighted by atomic mass is 32.2. The zero-order valence-electron chi connectivity index (χ0n) is 17.9. The first kappa shape index (κ1) is 24.1. The van der Waals surface area contributed by atoms with Gasteiger partial charge < -0.3 is 10.6 Å². The van der Waals surface area contributed by atoms with Crippen LogP contribution in [0, 0.1) is 11.3 Å². The van der Waals surface area contributed by atoms with Crippen molar-refractivity contribution in [3.05, 3.63) is 71.3 Å². The molecule has 0 aliphatic rings. The molecule has 7 nitrogen and oxygen atoms in total. The van der Waals surface area contributed by atoms with Gasteiger partial charge in [0.2, 0.25) is 5.91 Å². The molecule has 0 saturated heterocycles. The zero-order valence-corrected chi connectivity index (χ0v) is 18.7.